The van der Waals surface area contributed by atoms with Gasteiger partial charge in [0.15, 0.2) is 11.3 Å². The lowest BCUT2D eigenvalue weighted by atomic mass is 9.73. The minimum Gasteiger partial charge on any atom is -0.330 e. The number of carbonyl (C=O) groups is 1. The van der Waals surface area contributed by atoms with E-state index >= 15 is 0 Å². The van der Waals surface area contributed by atoms with Crippen LogP contribution in [0.5, 0.6) is 0 Å². The molecule has 11 nitrogen and oxygen atoms in total. The maximum Gasteiger partial charge on any atom is 0.291 e. The Balaban J connectivity index is 1.21. The van der Waals surface area contributed by atoms with Crippen LogP contribution in [-0.2, 0) is 5.41 Å². The number of benzene rings is 1. The van der Waals surface area contributed by atoms with E-state index in [1.165, 1.54) is 6.33 Å². The number of pyridine rings is 1. The average Bonchev–Trinajstić information content (AvgIpc) is 3.80. The summed E-state index contributed by atoms with van der Waals surface area (Å²) in [4.78, 5) is 29.5. The molecule has 2 aliphatic rings. The van der Waals surface area contributed by atoms with Crippen molar-refractivity contribution in [1.82, 2.24) is 49.9 Å². The van der Waals surface area contributed by atoms with Gasteiger partial charge in [0, 0.05) is 46.1 Å². The number of nitrogens with zero attached hydrogens (tertiary/aromatic N) is 8. The van der Waals surface area contributed by atoms with Crippen LogP contribution in [0.2, 0.25) is 0 Å². The number of amides is 1. The molecule has 0 saturated carbocycles. The maximum atomic E-state index is 13.3. The Morgan fingerprint density at radius 1 is 0.951 bits per heavy atom. The summed E-state index contributed by atoms with van der Waals surface area (Å²) in [5.74, 6) is 0.225. The number of aryl methyl sites for hydroxylation is 1. The third kappa shape index (κ3) is 3.61. The first kappa shape index (κ1) is 23.9. The van der Waals surface area contributed by atoms with Gasteiger partial charge < -0.3 is 4.90 Å². The standard InChI is InChI=1S/C30H28N10O/c1-17-24-25(30(2)12-20-9-10-21(13-30)39(20)29(41)26-32-16-33-37-26)35-27-22(15-34-40(27)28(24)38-36-17)19-8-11-23(31-14-19)18-6-4-3-5-7-18/h3-8,11,14-16,20-21H,9-10,12-13H2,1-2H3,(H,36,38)(H,32,33,37). The number of rotatable bonds is 4. The number of fused-ring (bicyclic) bond motifs is 5. The highest BCUT2D eigenvalue weighted by Gasteiger charge is 2.50. The summed E-state index contributed by atoms with van der Waals surface area (Å²) in [5, 5.41) is 20.2. The van der Waals surface area contributed by atoms with Crippen LogP contribution in [0.25, 0.3) is 39.1 Å². The van der Waals surface area contributed by atoms with Gasteiger partial charge in [-0.1, -0.05) is 43.3 Å². The van der Waals surface area contributed by atoms with Crippen molar-refractivity contribution in [2.24, 2.45) is 0 Å². The molecule has 5 aromatic heterocycles. The fourth-order valence-corrected chi connectivity index (χ4v) is 7.03. The highest BCUT2D eigenvalue weighted by Crippen LogP contribution is 2.49. The second kappa shape index (κ2) is 8.79. The summed E-state index contributed by atoms with van der Waals surface area (Å²) in [6, 6.07) is 14.5. The van der Waals surface area contributed by atoms with Crippen molar-refractivity contribution in [3.63, 3.8) is 0 Å². The molecule has 1 aromatic carbocycles. The first-order valence-electron chi connectivity index (χ1n) is 13.9. The van der Waals surface area contributed by atoms with Gasteiger partial charge in [0.25, 0.3) is 5.91 Å². The van der Waals surface area contributed by atoms with Gasteiger partial charge in [-0.05, 0) is 38.7 Å². The van der Waals surface area contributed by atoms with Crippen molar-refractivity contribution in [3.05, 3.63) is 78.4 Å². The minimum atomic E-state index is -0.254. The number of carbonyl (C=O) groups excluding carboxylic acids is 1. The number of nitrogens with one attached hydrogen (secondary N) is 2. The molecule has 2 aliphatic heterocycles. The predicted molar refractivity (Wildman–Crippen MR) is 152 cm³/mol. The topological polar surface area (TPSA) is 134 Å². The molecule has 41 heavy (non-hydrogen) atoms. The molecule has 2 N–H and O–H groups in total. The van der Waals surface area contributed by atoms with Crippen LogP contribution in [0.3, 0.4) is 0 Å². The van der Waals surface area contributed by atoms with Gasteiger partial charge in [0.2, 0.25) is 5.82 Å². The van der Waals surface area contributed by atoms with Crippen LogP contribution in [0, 0.1) is 6.92 Å². The fraction of sp³-hybridized carbons (Fsp3) is 0.300. The molecule has 0 aliphatic carbocycles. The van der Waals surface area contributed by atoms with Crippen molar-refractivity contribution < 1.29 is 4.79 Å². The molecule has 1 amide bonds. The molecule has 11 heteroatoms. The lowest BCUT2D eigenvalue weighted by Crippen LogP contribution is -2.51. The second-order valence-corrected chi connectivity index (χ2v) is 11.5. The minimum absolute atomic E-state index is 0.0744. The van der Waals surface area contributed by atoms with Gasteiger partial charge in [-0.2, -0.15) is 19.8 Å². The van der Waals surface area contributed by atoms with Crippen molar-refractivity contribution in [3.8, 4) is 22.4 Å². The molecular weight excluding hydrogens is 516 g/mol. The van der Waals surface area contributed by atoms with Crippen LogP contribution in [-0.4, -0.2) is 67.9 Å². The summed E-state index contributed by atoms with van der Waals surface area (Å²) in [7, 11) is 0. The van der Waals surface area contributed by atoms with Gasteiger partial charge in [-0.15, -0.1) is 0 Å². The van der Waals surface area contributed by atoms with Crippen molar-refractivity contribution in [1.29, 1.82) is 0 Å². The third-order valence-corrected chi connectivity index (χ3v) is 8.89. The van der Waals surface area contributed by atoms with Gasteiger partial charge in [-0.25, -0.2) is 9.97 Å². The van der Waals surface area contributed by atoms with Crippen molar-refractivity contribution >= 4 is 22.6 Å². The molecule has 2 bridgehead atoms. The van der Waals surface area contributed by atoms with Crippen molar-refractivity contribution in [2.75, 3.05) is 0 Å². The zero-order valence-electron chi connectivity index (χ0n) is 22.7. The Bertz CT molecular complexity index is 1890. The summed E-state index contributed by atoms with van der Waals surface area (Å²) in [5.41, 5.74) is 7.07. The van der Waals surface area contributed by atoms with Crippen LogP contribution in [0.4, 0.5) is 0 Å². The molecular formula is C30H28N10O. The van der Waals surface area contributed by atoms with E-state index < -0.39 is 0 Å². The van der Waals surface area contributed by atoms with Crippen LogP contribution in [0.1, 0.15) is 54.6 Å². The quantitative estimate of drug-likeness (QED) is 0.334. The van der Waals surface area contributed by atoms with E-state index in [2.05, 4.69) is 50.5 Å². The van der Waals surface area contributed by atoms with E-state index in [1.807, 2.05) is 53.0 Å². The third-order valence-electron chi connectivity index (χ3n) is 8.89. The van der Waals surface area contributed by atoms with Crippen LogP contribution < -0.4 is 0 Å². The van der Waals surface area contributed by atoms with Gasteiger partial charge >= 0.3 is 0 Å². The number of aromatic amines is 2. The van der Waals surface area contributed by atoms with E-state index in [9.17, 15) is 4.79 Å². The molecule has 2 unspecified atom stereocenters. The van der Waals surface area contributed by atoms with Crippen molar-refractivity contribution in [2.45, 2.75) is 57.0 Å². The summed E-state index contributed by atoms with van der Waals surface area (Å²) in [6.07, 6.45) is 8.66. The highest BCUT2D eigenvalue weighted by atomic mass is 16.2. The van der Waals surface area contributed by atoms with Crippen LogP contribution >= 0.6 is 0 Å². The summed E-state index contributed by atoms with van der Waals surface area (Å²) in [6.45, 7) is 4.31. The largest absolute Gasteiger partial charge is 0.330 e. The van der Waals surface area contributed by atoms with E-state index in [-0.39, 0.29) is 23.4 Å². The Kier molecular flexibility index (Phi) is 5.12. The molecule has 0 spiro atoms. The molecule has 7 heterocycles. The lowest BCUT2D eigenvalue weighted by Gasteiger charge is -2.44. The Labute approximate surface area is 235 Å². The predicted octanol–water partition coefficient (Wildman–Crippen LogP) is 4.49. The summed E-state index contributed by atoms with van der Waals surface area (Å²) >= 11 is 0. The SMILES string of the molecule is Cc1[nH]nc2c1c(C1(C)CC3CCC(C1)N3C(=O)c1ncn[nH]1)nc1c(-c3ccc(-c4ccccc4)nc3)cnn12. The monoisotopic (exact) mass is 544 g/mol. The van der Waals surface area contributed by atoms with E-state index in [4.69, 9.17) is 15.1 Å². The molecule has 204 valence electrons. The van der Waals surface area contributed by atoms with Crippen LogP contribution in [0.15, 0.2) is 61.2 Å². The lowest BCUT2D eigenvalue weighted by molar-refractivity contribution is 0.0479. The molecule has 6 aromatic rings. The molecule has 2 atom stereocenters. The van der Waals surface area contributed by atoms with Gasteiger partial charge in [0.05, 0.1) is 23.0 Å². The maximum absolute atomic E-state index is 13.3. The number of hydrogen-bond acceptors (Lipinski definition) is 7. The van der Waals surface area contributed by atoms with Gasteiger partial charge in [-0.3, -0.25) is 20.0 Å². The normalized spacial score (nSPS) is 22.1. The number of hydrogen-bond donors (Lipinski definition) is 2. The number of H-pyrrole nitrogens is 2. The Morgan fingerprint density at radius 3 is 2.46 bits per heavy atom. The van der Waals surface area contributed by atoms with Gasteiger partial charge in [0.1, 0.15) is 6.33 Å². The zero-order chi connectivity index (χ0) is 27.7. The smallest absolute Gasteiger partial charge is 0.291 e. The number of aromatic nitrogens is 9. The second-order valence-electron chi connectivity index (χ2n) is 11.5. The molecule has 2 saturated heterocycles. The summed E-state index contributed by atoms with van der Waals surface area (Å²) < 4.78 is 1.82. The molecule has 2 fully saturated rings. The first-order chi connectivity index (χ1) is 20.0. The number of piperidine rings is 1. The fourth-order valence-electron chi connectivity index (χ4n) is 7.03. The molecule has 8 rings (SSSR count). The average molecular weight is 545 g/mol. The van der Waals surface area contributed by atoms with E-state index in [1.54, 1.807) is 0 Å². The zero-order valence-corrected chi connectivity index (χ0v) is 22.7. The Morgan fingerprint density at radius 2 is 1.76 bits per heavy atom. The van der Waals surface area contributed by atoms with E-state index in [0.717, 1.165) is 76.1 Å². The first-order valence-corrected chi connectivity index (χ1v) is 13.9. The van der Waals surface area contributed by atoms with E-state index in [0.29, 0.717) is 5.82 Å². The Hall–Kier alpha value is -4.93. The highest BCUT2D eigenvalue weighted by molar-refractivity contribution is 5.91. The molecule has 0 radical (unpaired) electrons.